The molecule has 180 valence electrons. The second-order valence-corrected chi connectivity index (χ2v) is 7.60. The van der Waals surface area contributed by atoms with Gasteiger partial charge in [-0.25, -0.2) is 9.37 Å². The van der Waals surface area contributed by atoms with E-state index in [1.54, 1.807) is 24.4 Å². The summed E-state index contributed by atoms with van der Waals surface area (Å²) in [7, 11) is 0. The molecule has 0 unspecified atom stereocenters. The largest absolute Gasteiger partial charge is 0.404 e. The maximum absolute atomic E-state index is 12.4. The first-order valence-corrected chi connectivity index (χ1v) is 10.7. The molecule has 0 saturated heterocycles. The Kier molecular flexibility index (Phi) is 9.94. The molecule has 2 aromatic carbocycles. The molecule has 0 aliphatic rings. The molecular formula is C26H28FN7O. The Morgan fingerprint density at radius 1 is 1.23 bits per heavy atom. The van der Waals surface area contributed by atoms with Crippen molar-refractivity contribution in [2.24, 2.45) is 11.5 Å². The molecule has 35 heavy (non-hydrogen) atoms. The highest BCUT2D eigenvalue weighted by Gasteiger charge is 2.06. The lowest BCUT2D eigenvalue weighted by molar-refractivity contribution is -0.110. The van der Waals surface area contributed by atoms with Gasteiger partial charge in [0.25, 0.3) is 0 Å². The van der Waals surface area contributed by atoms with Crippen LogP contribution in [0.25, 0.3) is 5.57 Å². The van der Waals surface area contributed by atoms with Crippen LogP contribution in [0.15, 0.2) is 67.0 Å². The minimum atomic E-state index is -0.267. The van der Waals surface area contributed by atoms with Gasteiger partial charge >= 0.3 is 0 Å². The first kappa shape index (κ1) is 26.5. The van der Waals surface area contributed by atoms with E-state index >= 15 is 0 Å². The number of hydrogen-bond acceptors (Lipinski definition) is 6. The fourth-order valence-corrected chi connectivity index (χ4v) is 3.10. The highest BCUT2D eigenvalue weighted by atomic mass is 19.1. The van der Waals surface area contributed by atoms with Gasteiger partial charge in [0, 0.05) is 24.5 Å². The Hall–Kier alpha value is -4.71. The fraction of sp³-hybridized carbons (Fsp3) is 0.154. The van der Waals surface area contributed by atoms with Crippen LogP contribution in [-0.2, 0) is 11.3 Å². The van der Waals surface area contributed by atoms with E-state index < -0.39 is 0 Å². The highest BCUT2D eigenvalue weighted by molar-refractivity contribution is 6.20. The summed E-state index contributed by atoms with van der Waals surface area (Å²) in [4.78, 5) is 14.3. The van der Waals surface area contributed by atoms with Crippen LogP contribution in [-0.4, -0.2) is 17.2 Å². The number of carbonyl (C=O) groups is 1. The normalized spacial score (nSPS) is 11.3. The van der Waals surface area contributed by atoms with Crippen molar-refractivity contribution in [3.8, 4) is 6.07 Å². The third-order valence-electron chi connectivity index (χ3n) is 5.08. The summed E-state index contributed by atoms with van der Waals surface area (Å²) in [6, 6.07) is 17.5. The number of nitrogens with one attached hydrogen (secondary N) is 3. The van der Waals surface area contributed by atoms with Crippen LogP contribution < -0.4 is 22.1 Å². The SMILES string of the molecule is C[C@H](NC=O)c1ccc(F)cc1.Cc1cc(C#N)cnc1NCc1ccc(/C(=C/N)C(=N)N)cc1. The third-order valence-corrected chi connectivity index (χ3v) is 5.08. The summed E-state index contributed by atoms with van der Waals surface area (Å²) in [5.74, 6) is 0.423. The molecule has 0 bridgehead atoms. The number of aromatic nitrogens is 1. The number of amides is 1. The van der Waals surface area contributed by atoms with E-state index in [0.717, 1.165) is 28.1 Å². The monoisotopic (exact) mass is 473 g/mol. The van der Waals surface area contributed by atoms with Crippen LogP contribution in [0.3, 0.4) is 0 Å². The quantitative estimate of drug-likeness (QED) is 0.191. The lowest BCUT2D eigenvalue weighted by Crippen LogP contribution is -2.15. The number of benzene rings is 2. The average molecular weight is 474 g/mol. The van der Waals surface area contributed by atoms with Crippen molar-refractivity contribution < 1.29 is 9.18 Å². The molecule has 8 nitrogen and oxygen atoms in total. The zero-order chi connectivity index (χ0) is 25.8. The van der Waals surface area contributed by atoms with Gasteiger partial charge in [-0.15, -0.1) is 0 Å². The standard InChI is InChI=1S/C17H18N6.C9H10FNO/c1-11-6-13(7-18)10-23-17(11)22-9-12-2-4-14(5-3-12)15(8-19)16(20)21;1-7(11-6-12)8-2-4-9(10)5-3-8/h2-6,8,10H,9,19H2,1H3,(H3,20,21)(H,22,23);2-7H,1H3,(H,11,12)/b15-8-;/t;7-/m.0/s1. The number of aryl methyl sites for hydroxylation is 1. The minimum absolute atomic E-state index is 0.0595. The Balaban J connectivity index is 0.000000303. The topological polar surface area (TPSA) is 154 Å². The van der Waals surface area contributed by atoms with E-state index in [9.17, 15) is 9.18 Å². The van der Waals surface area contributed by atoms with Gasteiger partial charge in [0.2, 0.25) is 6.41 Å². The maximum atomic E-state index is 12.4. The van der Waals surface area contributed by atoms with E-state index in [0.29, 0.717) is 24.1 Å². The molecule has 0 spiro atoms. The lowest BCUT2D eigenvalue weighted by atomic mass is 10.0. The molecule has 1 atom stereocenters. The van der Waals surface area contributed by atoms with Crippen LogP contribution in [0, 0.1) is 29.5 Å². The molecule has 1 aromatic heterocycles. The Morgan fingerprint density at radius 2 is 1.89 bits per heavy atom. The summed E-state index contributed by atoms with van der Waals surface area (Å²) in [6.07, 6.45) is 3.51. The van der Waals surface area contributed by atoms with Crippen LogP contribution in [0.1, 0.15) is 40.8 Å². The van der Waals surface area contributed by atoms with Crippen molar-refractivity contribution in [1.82, 2.24) is 10.3 Å². The smallest absolute Gasteiger partial charge is 0.207 e. The molecule has 0 aliphatic heterocycles. The van der Waals surface area contributed by atoms with Crippen molar-refractivity contribution in [3.63, 3.8) is 0 Å². The molecule has 3 rings (SSSR count). The number of nitrogens with two attached hydrogens (primary N) is 2. The number of halogens is 1. The van der Waals surface area contributed by atoms with Gasteiger partial charge in [-0.05, 0) is 54.3 Å². The summed E-state index contributed by atoms with van der Waals surface area (Å²) in [5.41, 5.74) is 15.7. The second-order valence-electron chi connectivity index (χ2n) is 7.60. The first-order chi connectivity index (χ1) is 16.8. The van der Waals surface area contributed by atoms with Gasteiger partial charge in [0.15, 0.2) is 0 Å². The minimum Gasteiger partial charge on any atom is -0.404 e. The summed E-state index contributed by atoms with van der Waals surface area (Å²) >= 11 is 0. The van der Waals surface area contributed by atoms with E-state index in [2.05, 4.69) is 21.7 Å². The zero-order valence-corrected chi connectivity index (χ0v) is 19.5. The van der Waals surface area contributed by atoms with Gasteiger partial charge < -0.3 is 22.1 Å². The van der Waals surface area contributed by atoms with Gasteiger partial charge in [-0.2, -0.15) is 5.26 Å². The first-order valence-electron chi connectivity index (χ1n) is 10.7. The molecule has 9 heteroatoms. The van der Waals surface area contributed by atoms with E-state index in [4.69, 9.17) is 22.1 Å². The third kappa shape index (κ3) is 7.98. The fourth-order valence-electron chi connectivity index (χ4n) is 3.10. The molecule has 0 saturated carbocycles. The summed E-state index contributed by atoms with van der Waals surface area (Å²) < 4.78 is 12.4. The van der Waals surface area contributed by atoms with E-state index in [1.165, 1.54) is 18.3 Å². The van der Waals surface area contributed by atoms with Gasteiger partial charge in [0.1, 0.15) is 23.5 Å². The molecule has 0 aliphatic carbocycles. The molecule has 0 fully saturated rings. The Labute approximate surface area is 204 Å². The number of carbonyl (C=O) groups excluding carboxylic acids is 1. The van der Waals surface area contributed by atoms with Crippen molar-refractivity contribution in [1.29, 1.82) is 10.7 Å². The molecule has 7 N–H and O–H groups in total. The van der Waals surface area contributed by atoms with Crippen LogP contribution >= 0.6 is 0 Å². The van der Waals surface area contributed by atoms with Crippen LogP contribution in [0.4, 0.5) is 10.2 Å². The lowest BCUT2D eigenvalue weighted by Gasteiger charge is -2.10. The predicted molar refractivity (Wildman–Crippen MR) is 136 cm³/mol. The van der Waals surface area contributed by atoms with E-state index in [1.807, 2.05) is 38.1 Å². The van der Waals surface area contributed by atoms with Crippen molar-refractivity contribution in [2.45, 2.75) is 26.4 Å². The number of pyridine rings is 1. The number of nitrogens with zero attached hydrogens (tertiary/aromatic N) is 2. The average Bonchev–Trinajstić information content (AvgIpc) is 2.85. The van der Waals surface area contributed by atoms with Crippen LogP contribution in [0.2, 0.25) is 0 Å². The van der Waals surface area contributed by atoms with Crippen molar-refractivity contribution >= 4 is 23.6 Å². The number of nitriles is 1. The predicted octanol–water partition coefficient (Wildman–Crippen LogP) is 3.74. The number of amidine groups is 1. The van der Waals surface area contributed by atoms with Crippen LogP contribution in [0.5, 0.6) is 0 Å². The number of anilines is 1. The zero-order valence-electron chi connectivity index (χ0n) is 19.5. The molecule has 1 heterocycles. The van der Waals surface area contributed by atoms with Gasteiger partial charge in [0.05, 0.1) is 11.6 Å². The van der Waals surface area contributed by atoms with E-state index in [-0.39, 0.29) is 17.7 Å². The molecular weight excluding hydrogens is 445 g/mol. The number of hydrogen-bond donors (Lipinski definition) is 5. The molecule has 0 radical (unpaired) electrons. The van der Waals surface area contributed by atoms with Crippen molar-refractivity contribution in [2.75, 3.05) is 5.32 Å². The van der Waals surface area contributed by atoms with Crippen molar-refractivity contribution in [3.05, 3.63) is 101 Å². The van der Waals surface area contributed by atoms with Gasteiger partial charge in [-0.3, -0.25) is 10.2 Å². The van der Waals surface area contributed by atoms with Gasteiger partial charge in [-0.1, -0.05) is 36.4 Å². The number of rotatable bonds is 8. The summed E-state index contributed by atoms with van der Waals surface area (Å²) in [6.45, 7) is 4.34. The maximum Gasteiger partial charge on any atom is 0.207 e. The second kappa shape index (κ2) is 13.1. The Morgan fingerprint density at radius 3 is 2.40 bits per heavy atom. The molecule has 3 aromatic rings. The molecule has 1 amide bonds. The summed E-state index contributed by atoms with van der Waals surface area (Å²) in [5, 5.41) is 22.1. The highest BCUT2D eigenvalue weighted by Crippen LogP contribution is 2.17. The Bertz CT molecular complexity index is 1220.